The first-order valence-corrected chi connectivity index (χ1v) is 7.61. The Morgan fingerprint density at radius 3 is 2.18 bits per heavy atom. The molecule has 1 fully saturated rings. The van der Waals surface area contributed by atoms with E-state index in [0.29, 0.717) is 6.54 Å². The molecule has 0 aromatic heterocycles. The summed E-state index contributed by atoms with van der Waals surface area (Å²) in [5, 5.41) is -0.208. The lowest BCUT2D eigenvalue weighted by Gasteiger charge is -2.28. The van der Waals surface area contributed by atoms with Crippen molar-refractivity contribution < 1.29 is 8.42 Å². The molecule has 0 amide bonds. The van der Waals surface area contributed by atoms with Gasteiger partial charge in [-0.05, 0) is 39.8 Å². The Kier molecular flexibility index (Phi) is 5.16. The normalized spacial score (nSPS) is 19.2. The maximum absolute atomic E-state index is 12.3. The van der Waals surface area contributed by atoms with Crippen LogP contribution in [0.5, 0.6) is 0 Å². The number of nitrogens with zero attached hydrogens (tertiary/aromatic N) is 2. The summed E-state index contributed by atoms with van der Waals surface area (Å²) in [6.45, 7) is 5.24. The Morgan fingerprint density at radius 2 is 1.71 bits per heavy atom. The van der Waals surface area contributed by atoms with E-state index >= 15 is 0 Å². The van der Waals surface area contributed by atoms with Crippen LogP contribution in [0.1, 0.15) is 25.7 Å². The Morgan fingerprint density at radius 1 is 1.18 bits per heavy atom. The van der Waals surface area contributed by atoms with Crippen LogP contribution in [0.25, 0.3) is 0 Å². The first-order valence-electron chi connectivity index (χ1n) is 6.10. The highest BCUT2D eigenvalue weighted by atomic mass is 32.2. The van der Waals surface area contributed by atoms with E-state index in [9.17, 15) is 8.42 Å². The summed E-state index contributed by atoms with van der Waals surface area (Å²) in [7, 11) is 2.47. The third-order valence-electron chi connectivity index (χ3n) is 3.36. The SMILES string of the molecule is C=C1CCC(S(=O)(=O)N(C)CCN(C)C)CC1. The monoisotopic (exact) mass is 260 g/mol. The van der Waals surface area contributed by atoms with Gasteiger partial charge in [-0.15, -0.1) is 0 Å². The van der Waals surface area contributed by atoms with Crippen LogP contribution >= 0.6 is 0 Å². The van der Waals surface area contributed by atoms with Crippen LogP contribution in [0, 0.1) is 0 Å². The Balaban J connectivity index is 2.57. The molecule has 0 aromatic carbocycles. The number of rotatable bonds is 5. The van der Waals surface area contributed by atoms with E-state index in [0.717, 1.165) is 32.2 Å². The fourth-order valence-corrected chi connectivity index (χ4v) is 3.70. The molecule has 0 aliphatic heterocycles. The molecular weight excluding hydrogens is 236 g/mol. The van der Waals surface area contributed by atoms with Gasteiger partial charge in [-0.1, -0.05) is 12.2 Å². The van der Waals surface area contributed by atoms with Crippen molar-refractivity contribution in [3.63, 3.8) is 0 Å². The fourth-order valence-electron chi connectivity index (χ4n) is 2.02. The average molecular weight is 260 g/mol. The summed E-state index contributed by atoms with van der Waals surface area (Å²) in [5.41, 5.74) is 1.19. The third kappa shape index (κ3) is 4.08. The van der Waals surface area contributed by atoms with Gasteiger partial charge in [0.2, 0.25) is 10.0 Å². The molecule has 1 saturated carbocycles. The summed E-state index contributed by atoms with van der Waals surface area (Å²) < 4.78 is 26.1. The quantitative estimate of drug-likeness (QED) is 0.700. The standard InChI is InChI=1S/C12H24N2O2S/c1-11-5-7-12(8-6-11)17(15,16)14(4)10-9-13(2)3/h12H,1,5-10H2,2-4H3. The van der Waals surface area contributed by atoms with Gasteiger partial charge in [0.1, 0.15) is 0 Å². The lowest BCUT2D eigenvalue weighted by atomic mass is 9.96. The highest BCUT2D eigenvalue weighted by molar-refractivity contribution is 7.89. The van der Waals surface area contributed by atoms with Gasteiger partial charge in [0.15, 0.2) is 0 Å². The topological polar surface area (TPSA) is 40.6 Å². The van der Waals surface area contributed by atoms with Crippen LogP contribution in [0.2, 0.25) is 0 Å². The van der Waals surface area contributed by atoms with Crippen molar-refractivity contribution in [3.8, 4) is 0 Å². The zero-order valence-corrected chi connectivity index (χ0v) is 12.0. The van der Waals surface area contributed by atoms with Gasteiger partial charge in [-0.2, -0.15) is 0 Å². The van der Waals surface area contributed by atoms with E-state index in [1.165, 1.54) is 9.88 Å². The van der Waals surface area contributed by atoms with Crippen molar-refractivity contribution in [2.75, 3.05) is 34.2 Å². The highest BCUT2D eigenvalue weighted by Crippen LogP contribution is 2.28. The van der Waals surface area contributed by atoms with Crippen LogP contribution in [-0.2, 0) is 10.0 Å². The lowest BCUT2D eigenvalue weighted by Crippen LogP contribution is -2.40. The molecule has 1 aliphatic carbocycles. The Labute approximate surface area is 105 Å². The summed E-state index contributed by atoms with van der Waals surface area (Å²) in [6, 6.07) is 0. The minimum Gasteiger partial charge on any atom is -0.308 e. The number of likely N-dealkylation sites (N-methyl/N-ethyl adjacent to an activating group) is 2. The van der Waals surface area contributed by atoms with E-state index in [1.807, 2.05) is 19.0 Å². The lowest BCUT2D eigenvalue weighted by molar-refractivity contribution is 0.353. The van der Waals surface area contributed by atoms with Gasteiger partial charge in [-0.25, -0.2) is 12.7 Å². The van der Waals surface area contributed by atoms with Crippen molar-refractivity contribution in [2.24, 2.45) is 0 Å². The zero-order valence-electron chi connectivity index (χ0n) is 11.1. The van der Waals surface area contributed by atoms with Gasteiger partial charge in [-0.3, -0.25) is 0 Å². The molecule has 0 aromatic rings. The molecule has 100 valence electrons. The number of sulfonamides is 1. The largest absolute Gasteiger partial charge is 0.308 e. The summed E-state index contributed by atoms with van der Waals surface area (Å²) in [4.78, 5) is 1.99. The maximum atomic E-state index is 12.3. The molecule has 17 heavy (non-hydrogen) atoms. The van der Waals surface area contributed by atoms with Crippen molar-refractivity contribution in [2.45, 2.75) is 30.9 Å². The van der Waals surface area contributed by atoms with E-state index in [-0.39, 0.29) is 5.25 Å². The van der Waals surface area contributed by atoms with E-state index in [2.05, 4.69) is 6.58 Å². The molecular formula is C12H24N2O2S. The number of hydrogen-bond donors (Lipinski definition) is 0. The molecule has 0 saturated heterocycles. The van der Waals surface area contributed by atoms with Gasteiger partial charge >= 0.3 is 0 Å². The van der Waals surface area contributed by atoms with Crippen LogP contribution in [0.4, 0.5) is 0 Å². The predicted octanol–water partition coefficient (Wildman–Crippen LogP) is 1.31. The molecule has 0 unspecified atom stereocenters. The highest BCUT2D eigenvalue weighted by Gasteiger charge is 2.31. The van der Waals surface area contributed by atoms with Crippen LogP contribution in [0.15, 0.2) is 12.2 Å². The second-order valence-electron chi connectivity index (χ2n) is 5.12. The minimum atomic E-state index is -3.12. The smallest absolute Gasteiger partial charge is 0.216 e. The second-order valence-corrected chi connectivity index (χ2v) is 7.44. The van der Waals surface area contributed by atoms with Crippen molar-refractivity contribution in [1.29, 1.82) is 0 Å². The molecule has 4 nitrogen and oxygen atoms in total. The average Bonchev–Trinajstić information content (AvgIpc) is 2.26. The molecule has 0 bridgehead atoms. The van der Waals surface area contributed by atoms with Gasteiger partial charge in [0.05, 0.1) is 5.25 Å². The summed E-state index contributed by atoms with van der Waals surface area (Å²) in [6.07, 6.45) is 3.16. The summed E-state index contributed by atoms with van der Waals surface area (Å²) >= 11 is 0. The van der Waals surface area contributed by atoms with Gasteiger partial charge in [0, 0.05) is 20.1 Å². The predicted molar refractivity (Wildman–Crippen MR) is 71.5 cm³/mol. The Bertz CT molecular complexity index is 353. The molecule has 5 heteroatoms. The zero-order chi connectivity index (χ0) is 13.1. The van der Waals surface area contributed by atoms with Crippen molar-refractivity contribution in [1.82, 2.24) is 9.21 Å². The van der Waals surface area contributed by atoms with Gasteiger partial charge in [0.25, 0.3) is 0 Å². The first kappa shape index (κ1) is 14.7. The molecule has 0 atom stereocenters. The van der Waals surface area contributed by atoms with Crippen molar-refractivity contribution in [3.05, 3.63) is 12.2 Å². The Hall–Kier alpha value is -0.390. The molecule has 0 spiro atoms. The first-order chi connectivity index (χ1) is 7.84. The number of hydrogen-bond acceptors (Lipinski definition) is 3. The fraction of sp³-hybridized carbons (Fsp3) is 0.833. The van der Waals surface area contributed by atoms with Crippen LogP contribution < -0.4 is 0 Å². The summed E-state index contributed by atoms with van der Waals surface area (Å²) in [5.74, 6) is 0. The van der Waals surface area contributed by atoms with Crippen LogP contribution in [0.3, 0.4) is 0 Å². The molecule has 0 N–H and O–H groups in total. The molecule has 1 aliphatic rings. The number of allylic oxidation sites excluding steroid dienone is 1. The molecule has 0 radical (unpaired) electrons. The van der Waals surface area contributed by atoms with E-state index in [1.54, 1.807) is 7.05 Å². The molecule has 0 heterocycles. The maximum Gasteiger partial charge on any atom is 0.216 e. The third-order valence-corrected chi connectivity index (χ3v) is 5.72. The minimum absolute atomic E-state index is 0.208. The second kappa shape index (κ2) is 5.98. The van der Waals surface area contributed by atoms with E-state index < -0.39 is 10.0 Å². The van der Waals surface area contributed by atoms with Crippen molar-refractivity contribution >= 4 is 10.0 Å². The van der Waals surface area contributed by atoms with E-state index in [4.69, 9.17) is 0 Å². The van der Waals surface area contributed by atoms with Crippen LogP contribution in [-0.4, -0.2) is 57.1 Å². The van der Waals surface area contributed by atoms with Gasteiger partial charge < -0.3 is 4.90 Å². The molecule has 1 rings (SSSR count).